The van der Waals surface area contributed by atoms with E-state index in [-0.39, 0.29) is 17.0 Å². The van der Waals surface area contributed by atoms with Crippen molar-refractivity contribution in [3.63, 3.8) is 0 Å². The van der Waals surface area contributed by atoms with Gasteiger partial charge in [0.25, 0.3) is 0 Å². The summed E-state index contributed by atoms with van der Waals surface area (Å²) in [6.45, 7) is 0. The number of hydrogen-bond donors (Lipinski definition) is 0. The molecule has 1 aromatic rings. The van der Waals surface area contributed by atoms with Gasteiger partial charge in [-0.05, 0) is 80.5 Å². The first-order chi connectivity index (χ1) is 10.6. The van der Waals surface area contributed by atoms with Gasteiger partial charge in [0, 0.05) is 11.0 Å². The van der Waals surface area contributed by atoms with Gasteiger partial charge in [-0.3, -0.25) is 9.59 Å². The van der Waals surface area contributed by atoms with Gasteiger partial charge in [0.2, 0.25) is 11.6 Å². The van der Waals surface area contributed by atoms with Crippen molar-refractivity contribution in [3.8, 4) is 5.75 Å². The first-order valence-corrected chi connectivity index (χ1v) is 8.33. The molecule has 0 radical (unpaired) electrons. The van der Waals surface area contributed by atoms with Crippen molar-refractivity contribution >= 4 is 11.6 Å². The Balaban J connectivity index is 1.59. The molecule has 22 heavy (non-hydrogen) atoms. The molecule has 4 aliphatic rings. The molecule has 4 aliphatic carbocycles. The maximum absolute atomic E-state index is 13.0. The Morgan fingerprint density at radius 3 is 1.91 bits per heavy atom. The Morgan fingerprint density at radius 2 is 1.45 bits per heavy atom. The molecule has 3 nitrogen and oxygen atoms in total. The molecule has 0 amide bonds. The number of carbonyl (C=O) groups is 2. The molecule has 3 heteroatoms. The summed E-state index contributed by atoms with van der Waals surface area (Å²) in [5.41, 5.74) is 0.160. The molecule has 0 aromatic heterocycles. The molecule has 1 aromatic carbocycles. The minimum atomic E-state index is -0.342. The summed E-state index contributed by atoms with van der Waals surface area (Å²) in [5, 5.41) is 0. The van der Waals surface area contributed by atoms with Gasteiger partial charge in [-0.1, -0.05) is 0 Å². The van der Waals surface area contributed by atoms with Gasteiger partial charge in [-0.15, -0.1) is 0 Å². The van der Waals surface area contributed by atoms with E-state index in [0.717, 1.165) is 19.3 Å². The Morgan fingerprint density at radius 1 is 0.955 bits per heavy atom. The van der Waals surface area contributed by atoms with Crippen molar-refractivity contribution < 1.29 is 14.3 Å². The number of rotatable bonds is 4. The van der Waals surface area contributed by atoms with Gasteiger partial charge in [-0.25, -0.2) is 0 Å². The van der Waals surface area contributed by atoms with E-state index >= 15 is 0 Å². The Kier molecular flexibility index (Phi) is 3.14. The largest absolute Gasteiger partial charge is 0.497 e. The molecule has 4 bridgehead atoms. The Bertz CT molecular complexity index is 579. The Labute approximate surface area is 131 Å². The monoisotopic (exact) mass is 298 g/mol. The third-order valence-electron chi connectivity index (χ3n) is 6.08. The maximum atomic E-state index is 13.0. The average molecular weight is 298 g/mol. The first kappa shape index (κ1) is 14.0. The van der Waals surface area contributed by atoms with Gasteiger partial charge >= 0.3 is 0 Å². The van der Waals surface area contributed by atoms with Gasteiger partial charge in [-0.2, -0.15) is 0 Å². The fraction of sp³-hybridized carbons (Fsp3) is 0.579. The van der Waals surface area contributed by atoms with Gasteiger partial charge < -0.3 is 4.74 Å². The highest BCUT2D eigenvalue weighted by atomic mass is 16.5. The summed E-state index contributed by atoms with van der Waals surface area (Å²) in [6, 6.07) is 6.92. The zero-order valence-corrected chi connectivity index (χ0v) is 13.0. The fourth-order valence-corrected chi connectivity index (χ4v) is 5.50. The second-order valence-electron chi connectivity index (χ2n) is 7.58. The number of methoxy groups -OCH3 is 1. The lowest BCUT2D eigenvalue weighted by molar-refractivity contribution is -0.138. The number of Topliss-reactive ketones (excluding diaryl/α,β-unsaturated/α-hetero) is 2. The van der Waals surface area contributed by atoms with Gasteiger partial charge in [0.05, 0.1) is 7.11 Å². The molecule has 5 rings (SSSR count). The van der Waals surface area contributed by atoms with E-state index in [4.69, 9.17) is 4.74 Å². The number of ketones is 2. The van der Waals surface area contributed by atoms with Crippen LogP contribution in [0.25, 0.3) is 0 Å². The summed E-state index contributed by atoms with van der Waals surface area (Å²) in [6.07, 6.45) is 6.68. The lowest BCUT2D eigenvalue weighted by Gasteiger charge is -2.55. The molecule has 0 unspecified atom stereocenters. The minimum Gasteiger partial charge on any atom is -0.497 e. The molecule has 0 spiro atoms. The predicted octanol–water partition coefficient (Wildman–Crippen LogP) is 3.66. The number of benzene rings is 1. The highest BCUT2D eigenvalue weighted by Crippen LogP contribution is 2.60. The fourth-order valence-electron chi connectivity index (χ4n) is 5.50. The van der Waals surface area contributed by atoms with Crippen LogP contribution in [0.3, 0.4) is 0 Å². The van der Waals surface area contributed by atoms with Crippen LogP contribution in [0.15, 0.2) is 24.3 Å². The molecule has 0 saturated heterocycles. The number of ether oxygens (including phenoxy) is 1. The zero-order chi connectivity index (χ0) is 15.3. The molecule has 0 N–H and O–H groups in total. The molecule has 4 fully saturated rings. The molecule has 0 atom stereocenters. The molecular formula is C19H22O3. The maximum Gasteiger partial charge on any atom is 0.229 e. The number of carbonyl (C=O) groups excluding carboxylic acids is 2. The van der Waals surface area contributed by atoms with Crippen molar-refractivity contribution in [2.75, 3.05) is 7.11 Å². The quantitative estimate of drug-likeness (QED) is 0.629. The molecular weight excluding hydrogens is 276 g/mol. The molecule has 0 aliphatic heterocycles. The SMILES string of the molecule is COc1ccc(C(=O)C(=O)C23CC4CC(CC(C4)C2)C3)cc1. The van der Waals surface area contributed by atoms with Crippen molar-refractivity contribution in [1.29, 1.82) is 0 Å². The summed E-state index contributed by atoms with van der Waals surface area (Å²) in [7, 11) is 1.59. The highest BCUT2D eigenvalue weighted by molar-refractivity contribution is 6.45. The first-order valence-electron chi connectivity index (χ1n) is 8.33. The highest BCUT2D eigenvalue weighted by Gasteiger charge is 2.55. The average Bonchev–Trinajstić information content (AvgIpc) is 2.52. The summed E-state index contributed by atoms with van der Waals surface area (Å²) in [4.78, 5) is 25.6. The minimum absolute atomic E-state index is 0.128. The second kappa shape index (κ2) is 4.94. The summed E-state index contributed by atoms with van der Waals surface area (Å²) >= 11 is 0. The second-order valence-corrected chi connectivity index (χ2v) is 7.58. The molecule has 116 valence electrons. The van der Waals surface area contributed by atoms with Crippen molar-refractivity contribution in [2.24, 2.45) is 23.2 Å². The van der Waals surface area contributed by atoms with Crippen LogP contribution in [-0.4, -0.2) is 18.7 Å². The van der Waals surface area contributed by atoms with Crippen molar-refractivity contribution in [3.05, 3.63) is 29.8 Å². The van der Waals surface area contributed by atoms with Crippen LogP contribution in [-0.2, 0) is 4.79 Å². The van der Waals surface area contributed by atoms with E-state index in [1.807, 2.05) is 0 Å². The van der Waals surface area contributed by atoms with Crippen LogP contribution in [0, 0.1) is 23.2 Å². The van der Waals surface area contributed by atoms with E-state index in [2.05, 4.69) is 0 Å². The van der Waals surface area contributed by atoms with Crippen LogP contribution in [0.2, 0.25) is 0 Å². The van der Waals surface area contributed by atoms with Crippen LogP contribution in [0.1, 0.15) is 48.9 Å². The third-order valence-corrected chi connectivity index (χ3v) is 6.08. The van der Waals surface area contributed by atoms with Crippen LogP contribution < -0.4 is 4.74 Å². The normalized spacial score (nSPS) is 35.4. The standard InChI is InChI=1S/C19H22O3/c1-22-16-4-2-15(3-5-16)17(20)18(21)19-9-12-6-13(10-19)8-14(7-12)11-19/h2-5,12-14H,6-11H2,1H3. The van der Waals surface area contributed by atoms with Crippen molar-refractivity contribution in [1.82, 2.24) is 0 Å². The lowest BCUT2D eigenvalue weighted by Crippen LogP contribution is -2.51. The van der Waals surface area contributed by atoms with Crippen LogP contribution >= 0.6 is 0 Å². The van der Waals surface area contributed by atoms with Crippen LogP contribution in [0.5, 0.6) is 5.75 Å². The molecule has 0 heterocycles. The summed E-state index contributed by atoms with van der Waals surface area (Å²) < 4.78 is 5.11. The van der Waals surface area contributed by atoms with Gasteiger partial charge in [0.15, 0.2) is 0 Å². The van der Waals surface area contributed by atoms with E-state index in [1.54, 1.807) is 31.4 Å². The number of hydrogen-bond acceptors (Lipinski definition) is 3. The van der Waals surface area contributed by atoms with Crippen molar-refractivity contribution in [2.45, 2.75) is 38.5 Å². The van der Waals surface area contributed by atoms with E-state index in [0.29, 0.717) is 29.1 Å². The topological polar surface area (TPSA) is 43.4 Å². The Hall–Kier alpha value is -1.64. The van der Waals surface area contributed by atoms with E-state index in [9.17, 15) is 9.59 Å². The van der Waals surface area contributed by atoms with E-state index in [1.165, 1.54) is 19.3 Å². The van der Waals surface area contributed by atoms with Gasteiger partial charge in [0.1, 0.15) is 5.75 Å². The lowest BCUT2D eigenvalue weighted by atomic mass is 9.48. The van der Waals surface area contributed by atoms with Crippen LogP contribution in [0.4, 0.5) is 0 Å². The predicted molar refractivity (Wildman–Crippen MR) is 82.9 cm³/mol. The van der Waals surface area contributed by atoms with E-state index < -0.39 is 0 Å². The summed E-state index contributed by atoms with van der Waals surface area (Å²) in [5.74, 6) is 2.32. The smallest absolute Gasteiger partial charge is 0.229 e. The zero-order valence-electron chi connectivity index (χ0n) is 13.0. The third kappa shape index (κ3) is 2.10. The molecule has 4 saturated carbocycles.